The van der Waals surface area contributed by atoms with E-state index in [1.54, 1.807) is 5.38 Å². The molecule has 3 amide bonds. The fraction of sp³-hybridized carbons (Fsp3) is 0.179. The number of carbonyl (C=O) groups excluding carboxylic acids is 3. The van der Waals surface area contributed by atoms with Gasteiger partial charge in [-0.2, -0.15) is 0 Å². The van der Waals surface area contributed by atoms with Crippen molar-refractivity contribution in [3.8, 4) is 12.3 Å². The number of nitrogen functional groups attached to an aromatic ring is 1. The Hall–Kier alpha value is -6.17. The molecule has 14 heteroatoms. The minimum absolute atomic E-state index is 0.133. The predicted octanol–water partition coefficient (Wildman–Crippen LogP) is 3.97. The van der Waals surface area contributed by atoms with Crippen LogP contribution in [0.4, 0.5) is 5.13 Å². The summed E-state index contributed by atoms with van der Waals surface area (Å²) in [6, 6.07) is 27.3. The number of carbonyl (C=O) groups is 4. The van der Waals surface area contributed by atoms with Crippen LogP contribution in [-0.2, 0) is 29.6 Å². The van der Waals surface area contributed by atoms with Crippen LogP contribution in [0.5, 0.6) is 0 Å². The molecule has 2 saturated heterocycles. The Morgan fingerprint density at radius 3 is 2.17 bits per heavy atom. The summed E-state index contributed by atoms with van der Waals surface area (Å²) in [5.41, 5.74) is 7.31. The van der Waals surface area contributed by atoms with Crippen molar-refractivity contribution < 1.29 is 29.1 Å². The molecule has 4 heterocycles. The van der Waals surface area contributed by atoms with Crippen molar-refractivity contribution in [2.24, 2.45) is 5.16 Å². The second-order valence-electron chi connectivity index (χ2n) is 12.3. The number of carboxylic acids is 1. The zero-order valence-corrected chi connectivity index (χ0v) is 29.7. The number of fused-ring (bicyclic) bond motifs is 1. The third-order valence-corrected chi connectivity index (χ3v) is 11.1. The zero-order valence-electron chi connectivity index (χ0n) is 28.0. The van der Waals surface area contributed by atoms with Crippen LogP contribution >= 0.6 is 23.1 Å². The smallest absolute Gasteiger partial charge is 0.352 e. The van der Waals surface area contributed by atoms with E-state index in [2.05, 4.69) is 21.4 Å². The Morgan fingerprint density at radius 1 is 1.04 bits per heavy atom. The Bertz CT molecular complexity index is 2120. The normalized spacial score (nSPS) is 19.5. The molecular formula is C39H32N6O6S2. The summed E-state index contributed by atoms with van der Waals surface area (Å²) < 4.78 is 0. The first-order valence-corrected chi connectivity index (χ1v) is 18.4. The first kappa shape index (κ1) is 35.2. The number of rotatable bonds is 11. The molecule has 0 unspecified atom stereocenters. The molecule has 1 aromatic heterocycles. The number of oxime groups is 1. The fourth-order valence-electron chi connectivity index (χ4n) is 6.63. The van der Waals surface area contributed by atoms with Crippen molar-refractivity contribution in [3.63, 3.8) is 0 Å². The summed E-state index contributed by atoms with van der Waals surface area (Å²) in [6.07, 6.45) is 7.32. The molecule has 4 aromatic rings. The number of carboxylic acid groups (broad SMARTS) is 1. The van der Waals surface area contributed by atoms with Crippen LogP contribution in [0.1, 0.15) is 28.8 Å². The number of aliphatic carboxylic acids is 1. The summed E-state index contributed by atoms with van der Waals surface area (Å²) in [5.74, 6) is -0.336. The number of thiazole rings is 1. The maximum atomic E-state index is 14.2. The molecule has 3 aromatic carbocycles. The summed E-state index contributed by atoms with van der Waals surface area (Å²) in [4.78, 5) is 66.7. The number of allylic oxidation sites excluding steroid dienone is 1. The maximum Gasteiger partial charge on any atom is 0.352 e. The van der Waals surface area contributed by atoms with Gasteiger partial charge >= 0.3 is 5.97 Å². The van der Waals surface area contributed by atoms with Crippen LogP contribution in [0.25, 0.3) is 0 Å². The number of terminal acetylenes is 1. The number of β-lactam (4-membered cyclic amide) rings is 1. The van der Waals surface area contributed by atoms with Crippen molar-refractivity contribution >= 4 is 57.6 Å². The SMILES string of the molecule is C#CCN1CC/C(=C\C2=C(C(=O)O)N3C(=O)[C@@H](NC(=O)/C(=N\OC(c4ccccc4)(c4ccccc4)c4ccccc4)c4csc(N)n4)[C@H]3SC2)C1=O. The number of likely N-dealkylation sites (tertiary alicyclic amines) is 1. The number of benzene rings is 3. The first-order chi connectivity index (χ1) is 25.7. The molecule has 4 N–H and O–H groups in total. The number of hydrogen-bond acceptors (Lipinski definition) is 10. The molecule has 2 atom stereocenters. The Kier molecular flexibility index (Phi) is 9.86. The maximum absolute atomic E-state index is 14.2. The van der Waals surface area contributed by atoms with Crippen LogP contribution in [0.2, 0.25) is 0 Å². The predicted molar refractivity (Wildman–Crippen MR) is 201 cm³/mol. The van der Waals surface area contributed by atoms with Gasteiger partial charge < -0.3 is 25.9 Å². The van der Waals surface area contributed by atoms with Gasteiger partial charge in [0.05, 0.1) is 6.54 Å². The molecule has 53 heavy (non-hydrogen) atoms. The topological polar surface area (TPSA) is 168 Å². The number of nitrogens with two attached hydrogens (primary N) is 1. The van der Waals surface area contributed by atoms with E-state index >= 15 is 0 Å². The van der Waals surface area contributed by atoms with Crippen molar-refractivity contribution in [1.29, 1.82) is 0 Å². The second kappa shape index (κ2) is 14.8. The average Bonchev–Trinajstić information content (AvgIpc) is 3.77. The van der Waals surface area contributed by atoms with Crippen LogP contribution < -0.4 is 11.1 Å². The van der Waals surface area contributed by atoms with Crippen molar-refractivity contribution in [2.75, 3.05) is 24.6 Å². The number of hydrogen-bond donors (Lipinski definition) is 3. The molecule has 0 saturated carbocycles. The van der Waals surface area contributed by atoms with Crippen molar-refractivity contribution in [2.45, 2.75) is 23.4 Å². The van der Waals surface area contributed by atoms with Crippen molar-refractivity contribution in [1.82, 2.24) is 20.1 Å². The molecule has 12 nitrogen and oxygen atoms in total. The first-order valence-electron chi connectivity index (χ1n) is 16.5. The van der Waals surface area contributed by atoms with Crippen LogP contribution in [-0.4, -0.2) is 79.6 Å². The highest BCUT2D eigenvalue weighted by atomic mass is 32.2. The number of amides is 3. The fourth-order valence-corrected chi connectivity index (χ4v) is 8.48. The minimum atomic E-state index is -1.32. The van der Waals surface area contributed by atoms with Crippen LogP contribution in [0.3, 0.4) is 0 Å². The summed E-state index contributed by atoms with van der Waals surface area (Å²) >= 11 is 2.38. The van der Waals surface area contributed by atoms with Gasteiger partial charge in [-0.15, -0.1) is 29.5 Å². The lowest BCUT2D eigenvalue weighted by atomic mass is 9.80. The lowest BCUT2D eigenvalue weighted by Gasteiger charge is -2.49. The van der Waals surface area contributed by atoms with Crippen LogP contribution in [0.15, 0.2) is 124 Å². The lowest BCUT2D eigenvalue weighted by molar-refractivity contribution is -0.150. The van der Waals surface area contributed by atoms with E-state index in [1.807, 2.05) is 91.0 Å². The number of nitrogens with one attached hydrogen (secondary N) is 1. The molecule has 3 aliphatic heterocycles. The highest BCUT2D eigenvalue weighted by Gasteiger charge is 2.54. The molecule has 0 aliphatic carbocycles. The number of anilines is 1. The van der Waals surface area contributed by atoms with Gasteiger partial charge in [0, 0.05) is 39.9 Å². The van der Waals surface area contributed by atoms with Crippen molar-refractivity contribution in [3.05, 3.63) is 142 Å². The standard InChI is InChI=1S/C39H32N6O6S2/c1-2-19-44-20-18-24(34(44)47)21-25-22-52-36-31(35(48)45(36)32(25)37(49)50)42-33(46)30(29-23-53-38(40)41-29)43-51-39(26-12-6-3-7-13-26,27-14-8-4-9-15-27)28-16-10-5-11-17-28/h1,3-17,21,23,31,36H,18-20,22H2,(H2,40,41)(H,42,46)(H,49,50)/b24-21+,43-30-/t31-,36-/m1/s1. The Labute approximate surface area is 313 Å². The van der Waals surface area contributed by atoms with E-state index in [0.717, 1.165) is 32.9 Å². The van der Waals surface area contributed by atoms with Gasteiger partial charge in [0.25, 0.3) is 17.7 Å². The van der Waals surface area contributed by atoms with E-state index in [0.29, 0.717) is 24.1 Å². The van der Waals surface area contributed by atoms with Gasteiger partial charge in [-0.05, 0) is 18.1 Å². The minimum Gasteiger partial charge on any atom is -0.477 e. The molecule has 7 rings (SSSR count). The van der Waals surface area contributed by atoms with Gasteiger partial charge in [0.15, 0.2) is 10.8 Å². The van der Waals surface area contributed by atoms with E-state index in [-0.39, 0.29) is 40.4 Å². The van der Waals surface area contributed by atoms with Gasteiger partial charge in [0.2, 0.25) is 5.60 Å². The Balaban J connectivity index is 1.21. The largest absolute Gasteiger partial charge is 0.477 e. The Morgan fingerprint density at radius 2 is 1.64 bits per heavy atom. The highest BCUT2D eigenvalue weighted by molar-refractivity contribution is 8.00. The van der Waals surface area contributed by atoms with E-state index in [9.17, 15) is 24.3 Å². The third-order valence-electron chi connectivity index (χ3n) is 9.12. The second-order valence-corrected chi connectivity index (χ2v) is 14.3. The van der Waals surface area contributed by atoms with Gasteiger partial charge in [-0.3, -0.25) is 19.3 Å². The molecule has 266 valence electrons. The molecule has 3 aliphatic rings. The number of nitrogens with zero attached hydrogens (tertiary/aromatic N) is 4. The summed E-state index contributed by atoms with van der Waals surface area (Å²) in [6.45, 7) is 0.581. The molecule has 2 fully saturated rings. The molecular weight excluding hydrogens is 713 g/mol. The third kappa shape index (κ3) is 6.56. The number of thioether (sulfide) groups is 1. The van der Waals surface area contributed by atoms with Crippen LogP contribution in [0, 0.1) is 12.3 Å². The van der Waals surface area contributed by atoms with E-state index in [1.165, 1.54) is 22.7 Å². The number of aromatic nitrogens is 1. The van der Waals surface area contributed by atoms with Gasteiger partial charge in [-0.25, -0.2) is 9.78 Å². The average molecular weight is 745 g/mol. The molecule has 0 bridgehead atoms. The molecule has 0 radical (unpaired) electrons. The molecule has 0 spiro atoms. The lowest BCUT2D eigenvalue weighted by Crippen LogP contribution is -2.71. The zero-order chi connectivity index (χ0) is 37.1. The van der Waals surface area contributed by atoms with Gasteiger partial charge in [-0.1, -0.05) is 102 Å². The van der Waals surface area contributed by atoms with Gasteiger partial charge in [0.1, 0.15) is 22.8 Å². The van der Waals surface area contributed by atoms with E-state index < -0.39 is 34.8 Å². The quantitative estimate of drug-likeness (QED) is 0.0514. The monoisotopic (exact) mass is 744 g/mol. The van der Waals surface area contributed by atoms with E-state index in [4.69, 9.17) is 17.0 Å². The highest BCUT2D eigenvalue weighted by Crippen LogP contribution is 2.43. The summed E-state index contributed by atoms with van der Waals surface area (Å²) in [7, 11) is 0. The summed E-state index contributed by atoms with van der Waals surface area (Å²) in [5, 5.41) is 18.5.